The molecule has 0 fully saturated rings. The van der Waals surface area contributed by atoms with Crippen molar-refractivity contribution >= 4 is 16.6 Å². The summed E-state index contributed by atoms with van der Waals surface area (Å²) in [6.07, 6.45) is -4.15. The Kier molecular flexibility index (Phi) is 5.62. The fourth-order valence-corrected chi connectivity index (χ4v) is 2.70. The Morgan fingerprint density at radius 1 is 1.15 bits per heavy atom. The molecule has 0 unspecified atom stereocenters. The molecule has 2 aromatic rings. The lowest BCUT2D eigenvalue weighted by Gasteiger charge is -2.36. The van der Waals surface area contributed by atoms with Crippen molar-refractivity contribution in [2.75, 3.05) is 26.5 Å². The largest absolute Gasteiger partial charge is 0.417 e. The van der Waals surface area contributed by atoms with Crippen LogP contribution in [0.1, 0.15) is 12.0 Å². The first kappa shape index (κ1) is 19.8. The van der Waals surface area contributed by atoms with E-state index in [4.69, 9.17) is 0 Å². The van der Waals surface area contributed by atoms with Crippen LogP contribution in [0.2, 0.25) is 0 Å². The van der Waals surface area contributed by atoms with Crippen molar-refractivity contribution in [1.82, 2.24) is 20.9 Å². The molecular formula is C17H22F3N5O. The van der Waals surface area contributed by atoms with Crippen LogP contribution in [0, 0.1) is 0 Å². The van der Waals surface area contributed by atoms with Gasteiger partial charge in [-0.25, -0.2) is 0 Å². The quantitative estimate of drug-likeness (QED) is 0.484. The molecule has 0 amide bonds. The van der Waals surface area contributed by atoms with Crippen molar-refractivity contribution in [2.24, 2.45) is 0 Å². The van der Waals surface area contributed by atoms with Crippen LogP contribution in [0.15, 0.2) is 41.3 Å². The monoisotopic (exact) mass is 369 g/mol. The molecule has 0 bridgehead atoms. The van der Waals surface area contributed by atoms with Crippen LogP contribution in [0.5, 0.6) is 0 Å². The molecule has 0 saturated heterocycles. The minimum Gasteiger partial charge on any atom is -0.392 e. The molecule has 0 aliphatic rings. The Hall–Kier alpha value is -2.52. The lowest BCUT2D eigenvalue weighted by molar-refractivity contribution is -0.136. The van der Waals surface area contributed by atoms with Gasteiger partial charge in [-0.1, -0.05) is 12.6 Å². The van der Waals surface area contributed by atoms with Gasteiger partial charge in [-0.3, -0.25) is 15.4 Å². The number of hydrogen-bond acceptors (Lipinski definition) is 5. The van der Waals surface area contributed by atoms with E-state index in [1.807, 2.05) is 0 Å². The lowest BCUT2D eigenvalue weighted by atomic mass is 10.1. The van der Waals surface area contributed by atoms with Gasteiger partial charge in [-0.05, 0) is 26.2 Å². The Morgan fingerprint density at radius 3 is 2.35 bits per heavy atom. The molecule has 26 heavy (non-hydrogen) atoms. The highest BCUT2D eigenvalue weighted by atomic mass is 19.4. The maximum Gasteiger partial charge on any atom is 0.417 e. The van der Waals surface area contributed by atoms with E-state index in [2.05, 4.69) is 32.8 Å². The van der Waals surface area contributed by atoms with Gasteiger partial charge in [0.25, 0.3) is 0 Å². The third-order valence-electron chi connectivity index (χ3n) is 4.19. The molecule has 1 aromatic carbocycles. The van der Waals surface area contributed by atoms with Crippen molar-refractivity contribution in [3.05, 3.63) is 52.5 Å². The molecule has 142 valence electrons. The normalized spacial score (nSPS) is 12.2. The first-order valence-electron chi connectivity index (χ1n) is 7.90. The van der Waals surface area contributed by atoms with Gasteiger partial charge in [0.1, 0.15) is 5.79 Å². The Balaban J connectivity index is 2.48. The van der Waals surface area contributed by atoms with Crippen LogP contribution in [-0.2, 0) is 6.18 Å². The van der Waals surface area contributed by atoms with Crippen molar-refractivity contribution in [1.29, 1.82) is 0 Å². The van der Waals surface area contributed by atoms with Gasteiger partial charge in [0.15, 0.2) is 0 Å². The molecule has 5 N–H and O–H groups in total. The van der Waals surface area contributed by atoms with Gasteiger partial charge in [-0.15, -0.1) is 0 Å². The third-order valence-corrected chi connectivity index (χ3v) is 4.19. The second-order valence-electron chi connectivity index (χ2n) is 5.87. The van der Waals surface area contributed by atoms with E-state index in [0.717, 1.165) is 5.70 Å². The summed E-state index contributed by atoms with van der Waals surface area (Å²) in [4.78, 5) is 14.1. The molecule has 9 heteroatoms. The van der Waals surface area contributed by atoms with Gasteiger partial charge in [0.2, 0.25) is 5.56 Å². The molecule has 0 spiro atoms. The van der Waals surface area contributed by atoms with Crippen molar-refractivity contribution in [3.63, 3.8) is 0 Å². The van der Waals surface area contributed by atoms with Gasteiger partial charge >= 0.3 is 6.18 Å². The van der Waals surface area contributed by atoms with Crippen LogP contribution < -0.4 is 26.8 Å². The lowest BCUT2D eigenvalue weighted by Crippen LogP contribution is -2.60. The highest BCUT2D eigenvalue weighted by molar-refractivity contribution is 5.85. The number of halogens is 3. The molecule has 6 nitrogen and oxygen atoms in total. The van der Waals surface area contributed by atoms with Crippen LogP contribution in [-0.4, -0.2) is 31.9 Å². The summed E-state index contributed by atoms with van der Waals surface area (Å²) in [6.45, 7) is 3.89. The number of rotatable bonds is 7. The molecule has 0 aliphatic carbocycles. The number of benzene rings is 1. The van der Waals surface area contributed by atoms with Gasteiger partial charge in [0, 0.05) is 36.3 Å². The number of aromatic amines is 1. The highest BCUT2D eigenvalue weighted by Gasteiger charge is 2.33. The Bertz CT molecular complexity index is 856. The zero-order valence-electron chi connectivity index (χ0n) is 14.8. The zero-order chi connectivity index (χ0) is 19.5. The van der Waals surface area contributed by atoms with Gasteiger partial charge in [0.05, 0.1) is 11.1 Å². The van der Waals surface area contributed by atoms with E-state index in [9.17, 15) is 18.0 Å². The zero-order valence-corrected chi connectivity index (χ0v) is 14.8. The summed E-state index contributed by atoms with van der Waals surface area (Å²) in [5.41, 5.74) is -0.392. The number of hydrogen-bond donors (Lipinski definition) is 5. The number of nitrogens with one attached hydrogen (secondary N) is 5. The SMILES string of the molecule is C=C(CC(NC)(NC)Nc1ccc2c(C(F)(F)F)cc(=O)[nH]c2c1)NC. The average Bonchev–Trinajstić information content (AvgIpc) is 2.59. The smallest absolute Gasteiger partial charge is 0.392 e. The van der Waals surface area contributed by atoms with E-state index in [-0.39, 0.29) is 10.9 Å². The Morgan fingerprint density at radius 2 is 1.81 bits per heavy atom. The summed E-state index contributed by atoms with van der Waals surface area (Å²) >= 11 is 0. The second kappa shape index (κ2) is 7.38. The molecule has 0 atom stereocenters. The predicted octanol–water partition coefficient (Wildman–Crippen LogP) is 2.17. The van der Waals surface area contributed by atoms with Crippen LogP contribution in [0.25, 0.3) is 10.9 Å². The standard InChI is InChI=1S/C17H22F3N5O/c1-10(21-2)9-16(22-3,23-4)25-11-5-6-12-13(17(18,19)20)8-15(26)24-14(12)7-11/h5-8,21-23,25H,1,9H2,2-4H3,(H,24,26). The molecule has 1 aromatic heterocycles. The first-order valence-corrected chi connectivity index (χ1v) is 7.90. The minimum atomic E-state index is -4.61. The van der Waals surface area contributed by atoms with Crippen molar-refractivity contribution in [2.45, 2.75) is 18.4 Å². The van der Waals surface area contributed by atoms with Crippen molar-refractivity contribution < 1.29 is 13.2 Å². The maximum atomic E-state index is 13.2. The molecule has 0 radical (unpaired) electrons. The van der Waals surface area contributed by atoms with E-state index in [1.54, 1.807) is 21.1 Å². The average molecular weight is 369 g/mol. The molecule has 0 aliphatic heterocycles. The van der Waals surface area contributed by atoms with Gasteiger partial charge in [-0.2, -0.15) is 13.2 Å². The van der Waals surface area contributed by atoms with E-state index >= 15 is 0 Å². The third kappa shape index (κ3) is 4.17. The summed E-state index contributed by atoms with van der Waals surface area (Å²) in [6, 6.07) is 4.90. The van der Waals surface area contributed by atoms with Crippen LogP contribution >= 0.6 is 0 Å². The molecular weight excluding hydrogens is 347 g/mol. The number of aromatic nitrogens is 1. The summed E-state index contributed by atoms with van der Waals surface area (Å²) in [5.74, 6) is -0.782. The van der Waals surface area contributed by atoms with Crippen molar-refractivity contribution in [3.8, 4) is 0 Å². The summed E-state index contributed by atoms with van der Waals surface area (Å²) < 4.78 is 39.5. The van der Waals surface area contributed by atoms with E-state index in [1.165, 1.54) is 18.2 Å². The topological polar surface area (TPSA) is 81.0 Å². The van der Waals surface area contributed by atoms with E-state index in [0.29, 0.717) is 18.2 Å². The van der Waals surface area contributed by atoms with E-state index < -0.39 is 23.1 Å². The van der Waals surface area contributed by atoms with Gasteiger partial charge < -0.3 is 15.6 Å². The number of pyridine rings is 1. The fourth-order valence-electron chi connectivity index (χ4n) is 2.70. The Labute approximate surface area is 148 Å². The highest BCUT2D eigenvalue weighted by Crippen LogP contribution is 2.34. The summed E-state index contributed by atoms with van der Waals surface area (Å²) in [7, 11) is 5.21. The molecule has 0 saturated carbocycles. The number of H-pyrrole nitrogens is 1. The van der Waals surface area contributed by atoms with Crippen LogP contribution in [0.4, 0.5) is 18.9 Å². The number of alkyl halides is 3. The van der Waals surface area contributed by atoms with Crippen LogP contribution in [0.3, 0.4) is 0 Å². The predicted molar refractivity (Wildman–Crippen MR) is 96.9 cm³/mol. The number of anilines is 1. The first-order chi connectivity index (χ1) is 12.1. The second-order valence-corrected chi connectivity index (χ2v) is 5.87. The summed E-state index contributed by atoms with van der Waals surface area (Å²) in [5, 5.41) is 12.3. The molecule has 1 heterocycles. The number of fused-ring (bicyclic) bond motifs is 1. The molecule has 2 rings (SSSR count). The maximum absolute atomic E-state index is 13.2. The fraction of sp³-hybridized carbons (Fsp3) is 0.353. The minimum absolute atomic E-state index is 0.0678.